The molecule has 2 aliphatic rings. The molecule has 3 rings (SSSR count). The Morgan fingerprint density at radius 3 is 2.18 bits per heavy atom. The third-order valence-corrected chi connectivity index (χ3v) is 4.91. The van der Waals surface area contributed by atoms with Crippen LogP contribution in [0.2, 0.25) is 0 Å². The number of imide groups is 1. The second kappa shape index (κ2) is 4.70. The number of fused-ring (bicyclic) bond motifs is 1. The van der Waals surface area contributed by atoms with E-state index >= 15 is 0 Å². The van der Waals surface area contributed by atoms with Crippen molar-refractivity contribution in [1.82, 2.24) is 10.6 Å². The lowest BCUT2D eigenvalue weighted by atomic mass is 9.63. The highest BCUT2D eigenvalue weighted by Gasteiger charge is 2.36. The fraction of sp³-hybridized carbons (Fsp3) is 0.444. The predicted molar refractivity (Wildman–Crippen MR) is 86.4 cm³/mol. The van der Waals surface area contributed by atoms with Gasteiger partial charge >= 0.3 is 6.03 Å². The lowest BCUT2D eigenvalue weighted by Crippen LogP contribution is -2.33. The summed E-state index contributed by atoms with van der Waals surface area (Å²) in [5, 5.41) is 4.75. The van der Waals surface area contributed by atoms with Crippen molar-refractivity contribution < 1.29 is 9.59 Å². The Hall–Kier alpha value is -2.10. The number of benzene rings is 1. The van der Waals surface area contributed by atoms with Gasteiger partial charge in [0.05, 0.1) is 0 Å². The molecule has 4 heteroatoms. The largest absolute Gasteiger partial charge is 0.326 e. The number of carbonyl (C=O) groups excluding carboxylic acids is 2. The standard InChI is InChI=1S/C18H22N2O2/c1-17(2)7-8-18(3,4)13-9-11(5-6-12(13)17)10-14-15(21)20-16(22)19-14/h5-6,9-10H,7-8H2,1-4H3,(H2,19,20,21,22)/b14-10-. The first-order chi connectivity index (χ1) is 10.2. The molecule has 1 fully saturated rings. The van der Waals surface area contributed by atoms with Crippen molar-refractivity contribution in [2.45, 2.75) is 51.4 Å². The zero-order valence-corrected chi connectivity index (χ0v) is 13.5. The van der Waals surface area contributed by atoms with E-state index in [4.69, 9.17) is 0 Å². The Morgan fingerprint density at radius 2 is 1.59 bits per heavy atom. The molecule has 3 amide bonds. The molecule has 0 bridgehead atoms. The second-order valence-electron chi connectivity index (χ2n) is 7.54. The minimum absolute atomic E-state index is 0.126. The summed E-state index contributed by atoms with van der Waals surface area (Å²) in [6.45, 7) is 9.10. The molecule has 116 valence electrons. The first kappa shape index (κ1) is 14.8. The smallest absolute Gasteiger partial charge is 0.303 e. The first-order valence-electron chi connectivity index (χ1n) is 7.68. The van der Waals surface area contributed by atoms with Crippen molar-refractivity contribution in [1.29, 1.82) is 0 Å². The topological polar surface area (TPSA) is 58.2 Å². The van der Waals surface area contributed by atoms with E-state index in [1.807, 2.05) is 6.07 Å². The van der Waals surface area contributed by atoms with Crippen LogP contribution in [0.5, 0.6) is 0 Å². The Balaban J connectivity index is 2.05. The molecular weight excluding hydrogens is 276 g/mol. The fourth-order valence-electron chi connectivity index (χ4n) is 3.35. The molecule has 0 atom stereocenters. The van der Waals surface area contributed by atoms with Crippen molar-refractivity contribution >= 4 is 18.0 Å². The van der Waals surface area contributed by atoms with Gasteiger partial charge in [0.1, 0.15) is 5.70 Å². The van der Waals surface area contributed by atoms with Crippen LogP contribution in [-0.2, 0) is 15.6 Å². The summed E-state index contributed by atoms with van der Waals surface area (Å²) in [4.78, 5) is 22.8. The molecule has 0 radical (unpaired) electrons. The number of amides is 3. The van der Waals surface area contributed by atoms with Gasteiger partial charge in [0.15, 0.2) is 0 Å². The van der Waals surface area contributed by atoms with Crippen molar-refractivity contribution in [3.05, 3.63) is 40.6 Å². The van der Waals surface area contributed by atoms with Gasteiger partial charge in [0.25, 0.3) is 5.91 Å². The van der Waals surface area contributed by atoms with E-state index in [9.17, 15) is 9.59 Å². The number of nitrogens with one attached hydrogen (secondary N) is 2. The van der Waals surface area contributed by atoms with Crippen LogP contribution in [0.3, 0.4) is 0 Å². The molecule has 1 saturated heterocycles. The summed E-state index contributed by atoms with van der Waals surface area (Å²) in [5.74, 6) is -0.373. The molecule has 1 aliphatic carbocycles. The maximum atomic E-state index is 11.6. The van der Waals surface area contributed by atoms with Crippen molar-refractivity contribution in [2.75, 3.05) is 0 Å². The van der Waals surface area contributed by atoms with Crippen molar-refractivity contribution in [2.24, 2.45) is 0 Å². The lowest BCUT2D eigenvalue weighted by Gasteiger charge is -2.42. The molecule has 0 saturated carbocycles. The van der Waals surface area contributed by atoms with Gasteiger partial charge in [-0.15, -0.1) is 0 Å². The highest BCUT2D eigenvalue weighted by Crippen LogP contribution is 2.46. The molecule has 2 N–H and O–H groups in total. The number of hydrogen-bond acceptors (Lipinski definition) is 2. The molecule has 1 aliphatic heterocycles. The van der Waals surface area contributed by atoms with E-state index in [1.165, 1.54) is 17.5 Å². The zero-order chi connectivity index (χ0) is 16.1. The summed E-state index contributed by atoms with van der Waals surface area (Å²) in [6.07, 6.45) is 4.05. The van der Waals surface area contributed by atoms with Gasteiger partial charge in [0, 0.05) is 0 Å². The highest BCUT2D eigenvalue weighted by molar-refractivity contribution is 6.13. The lowest BCUT2D eigenvalue weighted by molar-refractivity contribution is -0.115. The van der Waals surface area contributed by atoms with Gasteiger partial charge < -0.3 is 5.32 Å². The van der Waals surface area contributed by atoms with Crippen LogP contribution in [0.15, 0.2) is 23.9 Å². The Labute approximate surface area is 131 Å². The van der Waals surface area contributed by atoms with Gasteiger partial charge in [-0.1, -0.05) is 45.9 Å². The van der Waals surface area contributed by atoms with E-state index in [-0.39, 0.29) is 16.7 Å². The normalized spacial score (nSPS) is 23.9. The van der Waals surface area contributed by atoms with E-state index in [0.29, 0.717) is 5.70 Å². The van der Waals surface area contributed by atoms with Gasteiger partial charge in [-0.25, -0.2) is 4.79 Å². The maximum Gasteiger partial charge on any atom is 0.326 e. The Bertz CT molecular complexity index is 699. The number of hydrogen-bond donors (Lipinski definition) is 2. The summed E-state index contributed by atoms with van der Waals surface area (Å²) >= 11 is 0. The molecular formula is C18H22N2O2. The molecule has 1 aromatic rings. The fourth-order valence-corrected chi connectivity index (χ4v) is 3.35. The van der Waals surface area contributed by atoms with Crippen LogP contribution in [0.4, 0.5) is 4.79 Å². The van der Waals surface area contributed by atoms with E-state index < -0.39 is 6.03 Å². The molecule has 1 aromatic carbocycles. The molecule has 0 unspecified atom stereocenters. The van der Waals surface area contributed by atoms with Gasteiger partial charge in [-0.05, 0) is 46.4 Å². The average Bonchev–Trinajstić information content (AvgIpc) is 2.73. The number of urea groups is 1. The third-order valence-electron chi connectivity index (χ3n) is 4.91. The Morgan fingerprint density at radius 1 is 0.955 bits per heavy atom. The van der Waals surface area contributed by atoms with E-state index in [2.05, 4.69) is 50.5 Å². The van der Waals surface area contributed by atoms with Crippen LogP contribution in [0, 0.1) is 0 Å². The maximum absolute atomic E-state index is 11.6. The predicted octanol–water partition coefficient (Wildman–Crippen LogP) is 3.22. The van der Waals surface area contributed by atoms with Gasteiger partial charge in [-0.2, -0.15) is 0 Å². The second-order valence-corrected chi connectivity index (χ2v) is 7.54. The van der Waals surface area contributed by atoms with E-state index in [0.717, 1.165) is 12.0 Å². The van der Waals surface area contributed by atoms with Crippen LogP contribution >= 0.6 is 0 Å². The van der Waals surface area contributed by atoms with E-state index in [1.54, 1.807) is 6.08 Å². The summed E-state index contributed by atoms with van der Waals surface area (Å²) in [7, 11) is 0. The summed E-state index contributed by atoms with van der Waals surface area (Å²) in [5.41, 5.74) is 4.26. The quantitative estimate of drug-likeness (QED) is 0.618. The van der Waals surface area contributed by atoms with Crippen molar-refractivity contribution in [3.63, 3.8) is 0 Å². The number of rotatable bonds is 1. The zero-order valence-electron chi connectivity index (χ0n) is 13.5. The SMILES string of the molecule is CC1(C)CCC(C)(C)c2cc(/C=C3\NC(=O)NC3=O)ccc21. The highest BCUT2D eigenvalue weighted by atomic mass is 16.2. The van der Waals surface area contributed by atoms with Crippen LogP contribution in [-0.4, -0.2) is 11.9 Å². The first-order valence-corrected chi connectivity index (χ1v) is 7.68. The minimum atomic E-state index is -0.462. The molecule has 1 heterocycles. The van der Waals surface area contributed by atoms with Gasteiger partial charge in [0.2, 0.25) is 0 Å². The Kier molecular flexibility index (Phi) is 3.17. The van der Waals surface area contributed by atoms with Crippen LogP contribution in [0.25, 0.3) is 6.08 Å². The molecule has 0 spiro atoms. The van der Waals surface area contributed by atoms with Gasteiger partial charge in [-0.3, -0.25) is 10.1 Å². The van der Waals surface area contributed by atoms with Crippen molar-refractivity contribution in [3.8, 4) is 0 Å². The summed E-state index contributed by atoms with van der Waals surface area (Å²) in [6, 6.07) is 5.88. The van der Waals surface area contributed by atoms with Crippen LogP contribution < -0.4 is 10.6 Å². The number of carbonyl (C=O) groups is 2. The monoisotopic (exact) mass is 298 g/mol. The third kappa shape index (κ3) is 2.43. The average molecular weight is 298 g/mol. The molecule has 22 heavy (non-hydrogen) atoms. The molecule has 4 nitrogen and oxygen atoms in total. The van der Waals surface area contributed by atoms with Crippen LogP contribution in [0.1, 0.15) is 57.2 Å². The summed E-state index contributed by atoms with van der Waals surface area (Å²) < 4.78 is 0. The minimum Gasteiger partial charge on any atom is -0.303 e. The molecule has 0 aromatic heterocycles.